The van der Waals surface area contributed by atoms with Crippen LogP contribution in [0.2, 0.25) is 0 Å². The van der Waals surface area contributed by atoms with Crippen molar-refractivity contribution in [2.75, 3.05) is 11.9 Å². The van der Waals surface area contributed by atoms with Gasteiger partial charge in [-0.2, -0.15) is 13.2 Å². The predicted molar refractivity (Wildman–Crippen MR) is 107 cm³/mol. The normalized spacial score (nSPS) is 14.5. The topological polar surface area (TPSA) is 101 Å². The van der Waals surface area contributed by atoms with Gasteiger partial charge in [0, 0.05) is 5.69 Å². The number of carbonyl (C=O) groups is 1. The van der Waals surface area contributed by atoms with Crippen molar-refractivity contribution in [3.63, 3.8) is 0 Å². The average Bonchev–Trinajstić information content (AvgIpc) is 3.21. The number of thiazole rings is 1. The van der Waals surface area contributed by atoms with Crippen LogP contribution in [-0.4, -0.2) is 33.5 Å². The molecule has 1 aliphatic rings. The number of hydrazine groups is 1. The minimum Gasteiger partial charge on any atom is -0.509 e. The molecule has 2 aromatic carbocycles. The van der Waals surface area contributed by atoms with E-state index in [2.05, 4.69) is 15.7 Å². The molecule has 1 aliphatic heterocycles. The molecule has 0 atom stereocenters. The van der Waals surface area contributed by atoms with Gasteiger partial charge in [0.05, 0.1) is 27.9 Å². The second-order valence-corrected chi connectivity index (χ2v) is 7.42. The summed E-state index contributed by atoms with van der Waals surface area (Å²) in [5, 5.41) is 22.4. The quantitative estimate of drug-likeness (QED) is 0.484. The van der Waals surface area contributed by atoms with Crippen LogP contribution >= 0.6 is 11.3 Å². The van der Waals surface area contributed by atoms with Crippen LogP contribution in [0.25, 0.3) is 15.8 Å². The number of para-hydroxylation sites is 1. The summed E-state index contributed by atoms with van der Waals surface area (Å²) in [6.45, 7) is -0.167. The number of fused-ring (bicyclic) bond motifs is 1. The fourth-order valence-electron chi connectivity index (χ4n) is 2.93. The summed E-state index contributed by atoms with van der Waals surface area (Å²) in [5.74, 6) is -0.316. The van der Waals surface area contributed by atoms with Gasteiger partial charge in [-0.3, -0.25) is 10.4 Å². The molecule has 2 heterocycles. The van der Waals surface area contributed by atoms with Gasteiger partial charge in [-0.05, 0) is 30.3 Å². The molecule has 11 heteroatoms. The Bertz CT molecular complexity index is 1160. The van der Waals surface area contributed by atoms with Crippen molar-refractivity contribution in [2.24, 2.45) is 0 Å². The summed E-state index contributed by atoms with van der Waals surface area (Å²) in [4.78, 5) is 16.6. The second-order valence-electron chi connectivity index (χ2n) is 6.39. The highest BCUT2D eigenvalue weighted by atomic mass is 32.1. The van der Waals surface area contributed by atoms with Crippen molar-refractivity contribution in [3.05, 3.63) is 64.9 Å². The lowest BCUT2D eigenvalue weighted by Gasteiger charge is -2.20. The van der Waals surface area contributed by atoms with Gasteiger partial charge in [0.15, 0.2) is 5.84 Å². The SMILES string of the molecule is N=C1C(c2nc3ccccc3s2)=C(O)CN1NC(=O)Nc1cccc(C(F)(F)F)c1. The van der Waals surface area contributed by atoms with Gasteiger partial charge in [-0.1, -0.05) is 18.2 Å². The number of urea groups is 1. The zero-order valence-corrected chi connectivity index (χ0v) is 15.9. The van der Waals surface area contributed by atoms with E-state index >= 15 is 0 Å². The Balaban J connectivity index is 1.46. The average molecular weight is 433 g/mol. The van der Waals surface area contributed by atoms with E-state index in [-0.39, 0.29) is 29.4 Å². The van der Waals surface area contributed by atoms with Gasteiger partial charge < -0.3 is 10.4 Å². The molecule has 30 heavy (non-hydrogen) atoms. The van der Waals surface area contributed by atoms with Crippen molar-refractivity contribution >= 4 is 44.7 Å². The zero-order chi connectivity index (χ0) is 21.5. The number of nitrogens with zero attached hydrogens (tertiary/aromatic N) is 2. The lowest BCUT2D eigenvalue weighted by atomic mass is 10.2. The Labute approximate surface area is 171 Å². The number of rotatable bonds is 3. The molecule has 0 radical (unpaired) electrons. The number of carbonyl (C=O) groups excluding carboxylic acids is 1. The molecular weight excluding hydrogens is 419 g/mol. The van der Waals surface area contributed by atoms with Gasteiger partial charge in [0.1, 0.15) is 10.8 Å². The van der Waals surface area contributed by atoms with Crippen LogP contribution in [0.15, 0.2) is 54.3 Å². The number of aromatic nitrogens is 1. The molecule has 0 saturated heterocycles. The summed E-state index contributed by atoms with van der Waals surface area (Å²) in [7, 11) is 0. The van der Waals surface area contributed by atoms with Gasteiger partial charge in [0.25, 0.3) is 0 Å². The van der Waals surface area contributed by atoms with E-state index in [4.69, 9.17) is 5.41 Å². The van der Waals surface area contributed by atoms with Gasteiger partial charge in [0.2, 0.25) is 0 Å². The Morgan fingerprint density at radius 3 is 2.70 bits per heavy atom. The number of aliphatic hydroxyl groups excluding tert-OH is 1. The highest BCUT2D eigenvalue weighted by Gasteiger charge is 2.32. The highest BCUT2D eigenvalue weighted by Crippen LogP contribution is 2.33. The molecule has 154 valence electrons. The highest BCUT2D eigenvalue weighted by molar-refractivity contribution is 7.19. The Kier molecular flexibility index (Phi) is 4.82. The molecule has 0 saturated carbocycles. The van der Waals surface area contributed by atoms with Crippen molar-refractivity contribution in [3.8, 4) is 0 Å². The first-order chi connectivity index (χ1) is 14.2. The number of alkyl halides is 3. The van der Waals surface area contributed by atoms with Gasteiger partial charge in [-0.25, -0.2) is 15.2 Å². The van der Waals surface area contributed by atoms with Gasteiger partial charge >= 0.3 is 12.2 Å². The third-order valence-corrected chi connectivity index (χ3v) is 5.35. The molecule has 4 N–H and O–H groups in total. The maximum atomic E-state index is 12.8. The third kappa shape index (κ3) is 3.79. The predicted octanol–water partition coefficient (Wildman–Crippen LogP) is 4.61. The molecule has 3 aromatic rings. The Hall–Kier alpha value is -3.60. The molecule has 2 amide bonds. The largest absolute Gasteiger partial charge is 0.509 e. The smallest absolute Gasteiger partial charge is 0.416 e. The lowest BCUT2D eigenvalue weighted by Crippen LogP contribution is -2.45. The molecular formula is C19H14F3N5O2S. The van der Waals surface area contributed by atoms with Crippen molar-refractivity contribution < 1.29 is 23.1 Å². The summed E-state index contributed by atoms with van der Waals surface area (Å²) < 4.78 is 39.3. The standard InChI is InChI=1S/C19H14F3N5O2S/c20-19(21,22)10-4-3-5-11(8-10)24-18(29)26-27-9-13(28)15(16(27)23)17-25-12-6-1-2-7-14(12)30-17/h1-8,23,28H,9H2,(H2,24,26,29). The minimum atomic E-state index is -4.53. The van der Waals surface area contributed by atoms with Crippen molar-refractivity contribution in [2.45, 2.75) is 6.18 Å². The maximum absolute atomic E-state index is 12.8. The molecule has 0 fully saturated rings. The van der Waals surface area contributed by atoms with E-state index in [0.717, 1.165) is 27.4 Å². The number of amidine groups is 1. The van der Waals surface area contributed by atoms with Crippen LogP contribution in [0, 0.1) is 5.41 Å². The number of benzene rings is 2. The number of halogens is 3. The summed E-state index contributed by atoms with van der Waals surface area (Å²) in [6.07, 6.45) is -4.53. The summed E-state index contributed by atoms with van der Waals surface area (Å²) in [5.41, 5.74) is 2.31. The van der Waals surface area contributed by atoms with Crippen LogP contribution in [0.4, 0.5) is 23.7 Å². The number of aliphatic hydroxyl groups is 1. The Morgan fingerprint density at radius 2 is 1.97 bits per heavy atom. The van der Waals surface area contributed by atoms with Crippen molar-refractivity contribution in [1.29, 1.82) is 5.41 Å². The first-order valence-corrected chi connectivity index (χ1v) is 9.43. The van der Waals surface area contributed by atoms with Crippen LogP contribution < -0.4 is 10.7 Å². The molecule has 7 nitrogen and oxygen atoms in total. The van der Waals surface area contributed by atoms with Crippen molar-refractivity contribution in [1.82, 2.24) is 15.4 Å². The molecule has 0 spiro atoms. The van der Waals surface area contributed by atoms with Crippen LogP contribution in [-0.2, 0) is 6.18 Å². The minimum absolute atomic E-state index is 0.0587. The Morgan fingerprint density at radius 1 is 1.20 bits per heavy atom. The fourth-order valence-corrected chi connectivity index (χ4v) is 3.97. The second kappa shape index (κ2) is 7.34. The van der Waals surface area contributed by atoms with E-state index in [9.17, 15) is 23.1 Å². The zero-order valence-electron chi connectivity index (χ0n) is 15.1. The maximum Gasteiger partial charge on any atom is 0.416 e. The number of nitrogens with one attached hydrogen (secondary N) is 3. The molecule has 0 bridgehead atoms. The number of hydrogen-bond donors (Lipinski definition) is 4. The van der Waals surface area contributed by atoms with E-state index in [1.807, 2.05) is 24.3 Å². The van der Waals surface area contributed by atoms with Crippen LogP contribution in [0.5, 0.6) is 0 Å². The third-order valence-electron chi connectivity index (χ3n) is 4.30. The number of amides is 2. The molecule has 0 aliphatic carbocycles. The fraction of sp³-hybridized carbons (Fsp3) is 0.105. The molecule has 0 unspecified atom stereocenters. The van der Waals surface area contributed by atoms with Crippen LogP contribution in [0.3, 0.4) is 0 Å². The molecule has 4 rings (SSSR count). The van der Waals surface area contributed by atoms with E-state index in [0.29, 0.717) is 5.01 Å². The number of anilines is 1. The first kappa shape index (κ1) is 19.7. The van der Waals surface area contributed by atoms with E-state index < -0.39 is 17.8 Å². The van der Waals surface area contributed by atoms with E-state index in [1.165, 1.54) is 23.5 Å². The van der Waals surface area contributed by atoms with E-state index in [1.54, 1.807) is 0 Å². The van der Waals surface area contributed by atoms with Crippen LogP contribution in [0.1, 0.15) is 10.6 Å². The lowest BCUT2D eigenvalue weighted by molar-refractivity contribution is -0.137. The summed E-state index contributed by atoms with van der Waals surface area (Å²) in [6, 6.07) is 10.7. The van der Waals surface area contributed by atoms with Gasteiger partial charge in [-0.15, -0.1) is 11.3 Å². The molecule has 1 aromatic heterocycles. The monoisotopic (exact) mass is 433 g/mol. The number of hydrogen-bond acceptors (Lipinski definition) is 5. The first-order valence-electron chi connectivity index (χ1n) is 8.62. The summed E-state index contributed by atoms with van der Waals surface area (Å²) >= 11 is 1.30.